The van der Waals surface area contributed by atoms with Gasteiger partial charge >= 0.3 is 12.4 Å². The van der Waals surface area contributed by atoms with Crippen LogP contribution in [0.15, 0.2) is 42.5 Å². The molecule has 0 saturated heterocycles. The molecule has 0 saturated carbocycles. The van der Waals surface area contributed by atoms with Crippen molar-refractivity contribution >= 4 is 0 Å². The maximum Gasteiger partial charge on any atom is 0.416 e. The van der Waals surface area contributed by atoms with Crippen LogP contribution in [0, 0.1) is 0 Å². The summed E-state index contributed by atoms with van der Waals surface area (Å²) in [5.74, 6) is 0. The van der Waals surface area contributed by atoms with Gasteiger partial charge in [-0.15, -0.1) is 0 Å². The number of hydrogen-bond acceptors (Lipinski definition) is 1. The molecule has 0 fully saturated rings. The molecule has 0 aliphatic carbocycles. The predicted octanol–water partition coefficient (Wildman–Crippen LogP) is 4.88. The van der Waals surface area contributed by atoms with Crippen molar-refractivity contribution in [3.05, 3.63) is 59.2 Å². The Hall–Kier alpha value is -2.02. The smallest absolute Gasteiger partial charge is 0.392 e. The summed E-state index contributed by atoms with van der Waals surface area (Å²) >= 11 is 0. The second kappa shape index (κ2) is 5.64. The van der Waals surface area contributed by atoms with Gasteiger partial charge in [-0.2, -0.15) is 26.3 Å². The third-order valence-corrected chi connectivity index (χ3v) is 3.13. The van der Waals surface area contributed by atoms with Crippen LogP contribution in [0.4, 0.5) is 26.3 Å². The van der Waals surface area contributed by atoms with Gasteiger partial charge in [0.05, 0.1) is 17.7 Å². The highest BCUT2D eigenvalue weighted by Crippen LogP contribution is 2.36. The average Bonchev–Trinajstić information content (AvgIpc) is 2.45. The van der Waals surface area contributed by atoms with E-state index in [-0.39, 0.29) is 16.7 Å². The second-order valence-electron chi connectivity index (χ2n) is 4.60. The maximum absolute atomic E-state index is 12.9. The molecule has 22 heavy (non-hydrogen) atoms. The fraction of sp³-hybridized carbons (Fsp3) is 0.200. The van der Waals surface area contributed by atoms with Crippen molar-refractivity contribution in [1.82, 2.24) is 0 Å². The molecular formula is C15H10F6O. The van der Waals surface area contributed by atoms with E-state index in [2.05, 4.69) is 0 Å². The van der Waals surface area contributed by atoms with Crippen LogP contribution in [-0.4, -0.2) is 5.11 Å². The molecule has 0 bridgehead atoms. The molecule has 0 aromatic heterocycles. The fourth-order valence-corrected chi connectivity index (χ4v) is 2.01. The molecule has 0 spiro atoms. The molecule has 2 aromatic carbocycles. The lowest BCUT2D eigenvalue weighted by molar-refractivity contribution is -0.139. The highest BCUT2D eigenvalue weighted by atomic mass is 19.4. The van der Waals surface area contributed by atoms with Crippen LogP contribution in [0.1, 0.15) is 16.7 Å². The summed E-state index contributed by atoms with van der Waals surface area (Å²) in [5, 5.41) is 8.94. The van der Waals surface area contributed by atoms with E-state index < -0.39 is 30.1 Å². The van der Waals surface area contributed by atoms with Gasteiger partial charge < -0.3 is 5.11 Å². The number of halogens is 6. The minimum Gasteiger partial charge on any atom is -0.392 e. The zero-order valence-electron chi connectivity index (χ0n) is 11.0. The van der Waals surface area contributed by atoms with E-state index in [0.29, 0.717) is 0 Å². The standard InChI is InChI=1S/C15H10F6O/c16-14(17,18)12-5-3-9(4-6-12)10-1-2-11(8-22)13(7-10)15(19,20)21/h1-7,22H,8H2. The third-order valence-electron chi connectivity index (χ3n) is 3.13. The van der Waals surface area contributed by atoms with Gasteiger partial charge in [0, 0.05) is 0 Å². The first kappa shape index (κ1) is 16.4. The van der Waals surface area contributed by atoms with Crippen molar-refractivity contribution in [3.8, 4) is 11.1 Å². The van der Waals surface area contributed by atoms with Gasteiger partial charge in [-0.3, -0.25) is 0 Å². The van der Waals surface area contributed by atoms with E-state index in [4.69, 9.17) is 5.11 Å². The largest absolute Gasteiger partial charge is 0.416 e. The van der Waals surface area contributed by atoms with E-state index in [1.165, 1.54) is 6.07 Å². The summed E-state index contributed by atoms with van der Waals surface area (Å²) in [6.07, 6.45) is -9.16. The number of rotatable bonds is 2. The van der Waals surface area contributed by atoms with Gasteiger partial charge in [0.25, 0.3) is 0 Å². The Labute approximate surface area is 121 Å². The summed E-state index contributed by atoms with van der Waals surface area (Å²) in [5.41, 5.74) is -1.82. The molecular weight excluding hydrogens is 310 g/mol. The first-order valence-corrected chi connectivity index (χ1v) is 6.11. The number of aliphatic hydroxyl groups is 1. The molecule has 0 amide bonds. The van der Waals surface area contributed by atoms with Crippen LogP contribution in [-0.2, 0) is 19.0 Å². The summed E-state index contributed by atoms with van der Waals surface area (Å²) < 4.78 is 76.1. The molecule has 2 rings (SSSR count). The second-order valence-corrected chi connectivity index (χ2v) is 4.60. The maximum atomic E-state index is 12.9. The Morgan fingerprint density at radius 3 is 1.73 bits per heavy atom. The van der Waals surface area contributed by atoms with Gasteiger partial charge in [-0.05, 0) is 34.9 Å². The van der Waals surface area contributed by atoms with Crippen LogP contribution in [0.2, 0.25) is 0 Å². The van der Waals surface area contributed by atoms with Gasteiger partial charge in [-0.25, -0.2) is 0 Å². The zero-order chi connectivity index (χ0) is 16.5. The molecule has 0 heterocycles. The molecule has 0 aliphatic heterocycles. The molecule has 0 aliphatic rings. The monoisotopic (exact) mass is 320 g/mol. The predicted molar refractivity (Wildman–Crippen MR) is 67.8 cm³/mol. The summed E-state index contributed by atoms with van der Waals surface area (Å²) in [7, 11) is 0. The highest BCUT2D eigenvalue weighted by molar-refractivity contribution is 5.65. The molecule has 0 unspecified atom stereocenters. The van der Waals surface area contributed by atoms with Crippen LogP contribution < -0.4 is 0 Å². The van der Waals surface area contributed by atoms with E-state index >= 15 is 0 Å². The van der Waals surface area contributed by atoms with Crippen LogP contribution >= 0.6 is 0 Å². The Morgan fingerprint density at radius 2 is 1.27 bits per heavy atom. The number of hydrogen-bond donors (Lipinski definition) is 1. The van der Waals surface area contributed by atoms with E-state index in [1.54, 1.807) is 0 Å². The Bertz CT molecular complexity index is 655. The molecule has 2 aromatic rings. The van der Waals surface area contributed by atoms with Gasteiger partial charge in [0.1, 0.15) is 0 Å². The van der Waals surface area contributed by atoms with Crippen LogP contribution in [0.3, 0.4) is 0 Å². The Kier molecular flexibility index (Phi) is 4.19. The van der Waals surface area contributed by atoms with Crippen molar-refractivity contribution in [1.29, 1.82) is 0 Å². The van der Waals surface area contributed by atoms with Gasteiger partial charge in [0.15, 0.2) is 0 Å². The van der Waals surface area contributed by atoms with Crippen molar-refractivity contribution < 1.29 is 31.4 Å². The average molecular weight is 320 g/mol. The van der Waals surface area contributed by atoms with E-state index in [0.717, 1.165) is 36.4 Å². The SMILES string of the molecule is OCc1ccc(-c2ccc(C(F)(F)F)cc2)cc1C(F)(F)F. The molecule has 118 valence electrons. The van der Waals surface area contributed by atoms with E-state index in [1.807, 2.05) is 0 Å². The minimum absolute atomic E-state index is 0.123. The Morgan fingerprint density at radius 1 is 0.727 bits per heavy atom. The molecule has 7 heteroatoms. The van der Waals surface area contributed by atoms with Crippen LogP contribution in [0.25, 0.3) is 11.1 Å². The Balaban J connectivity index is 2.45. The molecule has 0 radical (unpaired) electrons. The summed E-state index contributed by atoms with van der Waals surface area (Å²) in [6, 6.07) is 7.08. The first-order chi connectivity index (χ1) is 10.1. The van der Waals surface area contributed by atoms with Crippen LogP contribution in [0.5, 0.6) is 0 Å². The van der Waals surface area contributed by atoms with E-state index in [9.17, 15) is 26.3 Å². The normalized spacial score (nSPS) is 12.5. The molecule has 0 atom stereocenters. The highest BCUT2D eigenvalue weighted by Gasteiger charge is 2.33. The third kappa shape index (κ3) is 3.41. The summed E-state index contributed by atoms with van der Waals surface area (Å²) in [6.45, 7) is -0.776. The van der Waals surface area contributed by atoms with Crippen molar-refractivity contribution in [2.75, 3.05) is 0 Å². The van der Waals surface area contributed by atoms with Crippen molar-refractivity contribution in [3.63, 3.8) is 0 Å². The number of aliphatic hydroxyl groups excluding tert-OH is 1. The number of alkyl halides is 6. The lowest BCUT2D eigenvalue weighted by Crippen LogP contribution is -2.09. The molecule has 1 nitrogen and oxygen atoms in total. The van der Waals surface area contributed by atoms with Gasteiger partial charge in [-0.1, -0.05) is 24.3 Å². The fourth-order valence-electron chi connectivity index (χ4n) is 2.01. The topological polar surface area (TPSA) is 20.2 Å². The lowest BCUT2D eigenvalue weighted by atomic mass is 9.98. The van der Waals surface area contributed by atoms with Crippen molar-refractivity contribution in [2.24, 2.45) is 0 Å². The first-order valence-electron chi connectivity index (χ1n) is 6.11. The van der Waals surface area contributed by atoms with Crippen molar-refractivity contribution in [2.45, 2.75) is 19.0 Å². The molecule has 1 N–H and O–H groups in total. The summed E-state index contributed by atoms with van der Waals surface area (Å²) in [4.78, 5) is 0. The minimum atomic E-state index is -4.65. The zero-order valence-corrected chi connectivity index (χ0v) is 11.0. The van der Waals surface area contributed by atoms with Gasteiger partial charge in [0.2, 0.25) is 0 Å². The quantitative estimate of drug-likeness (QED) is 0.782. The lowest BCUT2D eigenvalue weighted by Gasteiger charge is -2.14. The number of benzene rings is 2.